The average molecular weight is 586 g/mol. The lowest BCUT2D eigenvalue weighted by Gasteiger charge is -2.34. The molecule has 1 aliphatic rings. The molecule has 1 fully saturated rings. The fourth-order valence-corrected chi connectivity index (χ4v) is 4.34. The van der Waals surface area contributed by atoms with Crippen molar-refractivity contribution in [2.75, 3.05) is 46.4 Å². The second kappa shape index (κ2) is 15.2. The number of β-amino-alcohol motifs (C(OH)–C–C–N with tert-alkyl or cyclic N) is 1. The Kier molecular flexibility index (Phi) is 12.7. The molecule has 0 unspecified atom stereocenters. The van der Waals surface area contributed by atoms with E-state index in [1.807, 2.05) is 36.4 Å². The van der Waals surface area contributed by atoms with Crippen molar-refractivity contribution >= 4 is 42.5 Å². The summed E-state index contributed by atoms with van der Waals surface area (Å²) in [5.41, 5.74) is 2.47. The normalized spacial score (nSPS) is 14.2. The summed E-state index contributed by atoms with van der Waals surface area (Å²) in [6.07, 6.45) is 3.78. The third-order valence-electron chi connectivity index (χ3n) is 6.23. The highest BCUT2D eigenvalue weighted by molar-refractivity contribution is 6.30. The van der Waals surface area contributed by atoms with Crippen LogP contribution in [0.25, 0.3) is 17.3 Å². The molecule has 206 valence electrons. The minimum Gasteiger partial charge on any atom is -0.494 e. The first-order chi connectivity index (χ1) is 17.5. The Balaban J connectivity index is 0.00000253. The number of allylic oxidation sites excluding steroid dienone is 1. The molecule has 3 aromatic rings. The van der Waals surface area contributed by atoms with Gasteiger partial charge in [0.15, 0.2) is 11.6 Å². The van der Waals surface area contributed by atoms with Crippen LogP contribution in [-0.2, 0) is 13.1 Å². The molecular weight excluding hydrogens is 554 g/mol. The van der Waals surface area contributed by atoms with Gasteiger partial charge < -0.3 is 9.84 Å². The van der Waals surface area contributed by atoms with Gasteiger partial charge in [-0.2, -0.15) is 5.10 Å². The summed E-state index contributed by atoms with van der Waals surface area (Å²) in [6.45, 7) is 4.80. The molecule has 4 rings (SSSR count). The minimum absolute atomic E-state index is 0. The highest BCUT2D eigenvalue weighted by Gasteiger charge is 2.19. The quantitative estimate of drug-likeness (QED) is 0.402. The van der Waals surface area contributed by atoms with Gasteiger partial charge in [-0.1, -0.05) is 35.9 Å². The molecule has 2 aromatic carbocycles. The summed E-state index contributed by atoms with van der Waals surface area (Å²) < 4.78 is 20.9. The van der Waals surface area contributed by atoms with Gasteiger partial charge in [0.05, 0.1) is 26.0 Å². The molecule has 0 aliphatic carbocycles. The van der Waals surface area contributed by atoms with Gasteiger partial charge in [-0.15, -0.1) is 24.8 Å². The van der Waals surface area contributed by atoms with E-state index in [-0.39, 0.29) is 49.3 Å². The Morgan fingerprint density at radius 1 is 1.05 bits per heavy atom. The van der Waals surface area contributed by atoms with Crippen LogP contribution in [0.4, 0.5) is 4.39 Å². The van der Waals surface area contributed by atoms with E-state index in [1.165, 1.54) is 17.9 Å². The standard InChI is InChI=1S/C27H30ClFN4O3.2ClH/c1-36-26-9-6-21(17-24(26)29)25-18-22(19-32-13-11-31(12-14-32)15-16-34)27(35)33(30-25)10-2-3-20-4-7-23(28)8-5-20;;/h2-9,17-18,34H,10-16,19H2,1H3;2*1H/b3-2+;;. The largest absolute Gasteiger partial charge is 0.494 e. The van der Waals surface area contributed by atoms with E-state index in [1.54, 1.807) is 18.2 Å². The van der Waals surface area contributed by atoms with Gasteiger partial charge in [0.2, 0.25) is 0 Å². The monoisotopic (exact) mass is 584 g/mol. The zero-order valence-electron chi connectivity index (χ0n) is 21.1. The third-order valence-corrected chi connectivity index (χ3v) is 6.48. The maximum Gasteiger partial charge on any atom is 0.271 e. The number of halogens is 4. The van der Waals surface area contributed by atoms with Crippen LogP contribution in [0.2, 0.25) is 5.02 Å². The van der Waals surface area contributed by atoms with Crippen molar-refractivity contribution in [3.8, 4) is 17.0 Å². The fraction of sp³-hybridized carbons (Fsp3) is 0.333. The summed E-state index contributed by atoms with van der Waals surface area (Å²) in [5.74, 6) is -0.335. The predicted octanol–water partition coefficient (Wildman–Crippen LogP) is 4.38. The van der Waals surface area contributed by atoms with E-state index in [0.717, 1.165) is 31.7 Å². The molecule has 1 saturated heterocycles. The Hall–Kier alpha value is -2.46. The van der Waals surface area contributed by atoms with E-state index in [2.05, 4.69) is 14.9 Å². The number of benzene rings is 2. The van der Waals surface area contributed by atoms with Crippen molar-refractivity contribution in [3.63, 3.8) is 0 Å². The summed E-state index contributed by atoms with van der Waals surface area (Å²) in [4.78, 5) is 17.8. The number of ether oxygens (including phenoxy) is 1. The number of aliphatic hydroxyl groups excluding tert-OH is 1. The number of aromatic nitrogens is 2. The summed E-state index contributed by atoms with van der Waals surface area (Å²) in [5, 5.41) is 14.4. The van der Waals surface area contributed by atoms with E-state index in [4.69, 9.17) is 16.3 Å². The van der Waals surface area contributed by atoms with Crippen LogP contribution in [-0.4, -0.2) is 71.1 Å². The van der Waals surface area contributed by atoms with Gasteiger partial charge in [-0.3, -0.25) is 14.6 Å². The molecule has 2 heterocycles. The van der Waals surface area contributed by atoms with Crippen LogP contribution in [0.15, 0.2) is 59.4 Å². The van der Waals surface area contributed by atoms with Gasteiger partial charge in [-0.25, -0.2) is 9.07 Å². The number of aliphatic hydroxyl groups is 1. The van der Waals surface area contributed by atoms with Crippen molar-refractivity contribution in [2.24, 2.45) is 0 Å². The number of methoxy groups -OCH3 is 1. The molecular formula is C27H32Cl3FN4O3. The third kappa shape index (κ3) is 8.27. The van der Waals surface area contributed by atoms with E-state index < -0.39 is 5.82 Å². The zero-order valence-corrected chi connectivity index (χ0v) is 23.4. The minimum atomic E-state index is -0.487. The molecule has 11 heteroatoms. The Labute approximate surface area is 239 Å². The van der Waals surface area contributed by atoms with Crippen LogP contribution < -0.4 is 10.3 Å². The SMILES string of the molecule is COc1ccc(-c2cc(CN3CCN(CCO)CC3)c(=O)n(C/C=C/c3ccc(Cl)cc3)n2)cc1F.Cl.Cl. The van der Waals surface area contributed by atoms with Crippen LogP contribution >= 0.6 is 36.4 Å². The van der Waals surface area contributed by atoms with Crippen LogP contribution in [0, 0.1) is 5.82 Å². The molecule has 0 saturated carbocycles. The predicted molar refractivity (Wildman–Crippen MR) is 154 cm³/mol. The fourth-order valence-electron chi connectivity index (χ4n) is 4.22. The zero-order chi connectivity index (χ0) is 25.5. The Morgan fingerprint density at radius 2 is 1.74 bits per heavy atom. The maximum atomic E-state index is 14.4. The first kappa shape index (κ1) is 31.8. The van der Waals surface area contributed by atoms with Gasteiger partial charge >= 0.3 is 0 Å². The van der Waals surface area contributed by atoms with E-state index >= 15 is 0 Å². The van der Waals surface area contributed by atoms with Gasteiger partial charge in [-0.05, 0) is 42.0 Å². The van der Waals surface area contributed by atoms with Crippen molar-refractivity contribution in [1.29, 1.82) is 0 Å². The maximum absolute atomic E-state index is 14.4. The number of nitrogens with zero attached hydrogens (tertiary/aromatic N) is 4. The number of piperazine rings is 1. The molecule has 0 amide bonds. The molecule has 0 bridgehead atoms. The smallest absolute Gasteiger partial charge is 0.271 e. The van der Waals surface area contributed by atoms with E-state index in [0.29, 0.717) is 34.9 Å². The van der Waals surface area contributed by atoms with Crippen molar-refractivity contribution < 1.29 is 14.2 Å². The molecule has 7 nitrogen and oxygen atoms in total. The molecule has 0 atom stereocenters. The molecule has 1 aromatic heterocycles. The molecule has 1 aliphatic heterocycles. The number of hydrogen-bond acceptors (Lipinski definition) is 6. The van der Waals surface area contributed by atoms with Crippen LogP contribution in [0.1, 0.15) is 11.1 Å². The van der Waals surface area contributed by atoms with Crippen molar-refractivity contribution in [1.82, 2.24) is 19.6 Å². The molecule has 38 heavy (non-hydrogen) atoms. The summed E-state index contributed by atoms with van der Waals surface area (Å²) >= 11 is 5.96. The van der Waals surface area contributed by atoms with E-state index in [9.17, 15) is 14.3 Å². The number of rotatable bonds is 9. The highest BCUT2D eigenvalue weighted by atomic mass is 35.5. The van der Waals surface area contributed by atoms with Crippen LogP contribution in [0.3, 0.4) is 0 Å². The first-order valence-corrected chi connectivity index (χ1v) is 12.3. The molecule has 0 radical (unpaired) electrons. The second-order valence-electron chi connectivity index (χ2n) is 8.69. The summed E-state index contributed by atoms with van der Waals surface area (Å²) in [6, 6.07) is 13.8. The van der Waals surface area contributed by atoms with Crippen LogP contribution in [0.5, 0.6) is 5.75 Å². The van der Waals surface area contributed by atoms with Gasteiger partial charge in [0.1, 0.15) is 0 Å². The van der Waals surface area contributed by atoms with Crippen molar-refractivity contribution in [3.05, 3.63) is 86.9 Å². The van der Waals surface area contributed by atoms with Gasteiger partial charge in [0.25, 0.3) is 5.56 Å². The second-order valence-corrected chi connectivity index (χ2v) is 9.12. The lowest BCUT2D eigenvalue weighted by atomic mass is 10.1. The summed E-state index contributed by atoms with van der Waals surface area (Å²) in [7, 11) is 1.42. The lowest BCUT2D eigenvalue weighted by Crippen LogP contribution is -2.47. The first-order valence-electron chi connectivity index (χ1n) is 11.9. The Bertz CT molecular complexity index is 1260. The van der Waals surface area contributed by atoms with Crippen molar-refractivity contribution in [2.45, 2.75) is 13.1 Å². The van der Waals surface area contributed by atoms with Gasteiger partial charge in [0, 0.05) is 55.4 Å². The molecule has 1 N–H and O–H groups in total. The topological polar surface area (TPSA) is 70.8 Å². The Morgan fingerprint density at radius 3 is 2.37 bits per heavy atom. The number of hydrogen-bond donors (Lipinski definition) is 1. The average Bonchev–Trinajstić information content (AvgIpc) is 2.88. The lowest BCUT2D eigenvalue weighted by molar-refractivity contribution is 0.108. The molecule has 0 spiro atoms. The highest BCUT2D eigenvalue weighted by Crippen LogP contribution is 2.24.